The highest BCUT2D eigenvalue weighted by molar-refractivity contribution is 6.00. The van der Waals surface area contributed by atoms with Crippen molar-refractivity contribution in [3.63, 3.8) is 0 Å². The van der Waals surface area contributed by atoms with Crippen LogP contribution in [0.25, 0.3) is 22.2 Å². The molecule has 46 heavy (non-hydrogen) atoms. The summed E-state index contributed by atoms with van der Waals surface area (Å²) in [5.41, 5.74) is -5.42. The fraction of sp³-hybridized carbons (Fsp3) is 0.333. The van der Waals surface area contributed by atoms with Crippen LogP contribution >= 0.6 is 0 Å². The number of rotatable bonds is 9. The summed E-state index contributed by atoms with van der Waals surface area (Å²) in [6, 6.07) is 11.9. The number of pyridine rings is 2. The van der Waals surface area contributed by atoms with E-state index in [-0.39, 0.29) is 40.5 Å². The molecule has 2 amide bonds. The van der Waals surface area contributed by atoms with Crippen LogP contribution in [-0.4, -0.2) is 59.9 Å². The summed E-state index contributed by atoms with van der Waals surface area (Å²) in [7, 11) is 1.37. The van der Waals surface area contributed by atoms with Gasteiger partial charge in [0, 0.05) is 34.8 Å². The Hall–Kier alpha value is -4.78. The van der Waals surface area contributed by atoms with Crippen LogP contribution in [0.1, 0.15) is 41.4 Å². The molecule has 1 saturated carbocycles. The van der Waals surface area contributed by atoms with E-state index in [0.29, 0.717) is 23.4 Å². The van der Waals surface area contributed by atoms with E-state index >= 15 is 0 Å². The van der Waals surface area contributed by atoms with Gasteiger partial charge in [0.15, 0.2) is 0 Å². The average molecular weight is 639 g/mol. The molecule has 0 spiro atoms. The molecule has 9 nitrogen and oxygen atoms in total. The van der Waals surface area contributed by atoms with Gasteiger partial charge in [0.05, 0.1) is 19.3 Å². The average Bonchev–Trinajstić information content (AvgIpc) is 3.82. The molecule has 2 aliphatic rings. The van der Waals surface area contributed by atoms with Crippen LogP contribution in [0.5, 0.6) is 11.5 Å². The third-order valence-electron chi connectivity index (χ3n) is 8.49. The quantitative estimate of drug-likeness (QED) is 0.225. The van der Waals surface area contributed by atoms with Crippen LogP contribution in [-0.2, 0) is 15.8 Å². The number of ether oxygens (including phenoxy) is 2. The van der Waals surface area contributed by atoms with Crippen molar-refractivity contribution in [2.24, 2.45) is 5.92 Å². The highest BCUT2D eigenvalue weighted by atomic mass is 19.4. The molecular formula is C33H30F4N4O5. The van der Waals surface area contributed by atoms with E-state index in [1.54, 1.807) is 12.1 Å². The molecule has 0 unspecified atom stereocenters. The number of carbonyl (C=O) groups is 2. The number of benzene rings is 2. The fourth-order valence-corrected chi connectivity index (χ4v) is 5.43. The summed E-state index contributed by atoms with van der Waals surface area (Å²) in [5, 5.41) is 17.0. The summed E-state index contributed by atoms with van der Waals surface area (Å²) in [4.78, 5) is 35.0. The molecule has 2 aromatic heterocycles. The van der Waals surface area contributed by atoms with E-state index in [1.807, 2.05) is 0 Å². The Bertz CT molecular complexity index is 1830. The van der Waals surface area contributed by atoms with Crippen LogP contribution in [0.3, 0.4) is 0 Å². The number of alkyl halides is 3. The van der Waals surface area contributed by atoms with Gasteiger partial charge < -0.3 is 25.2 Å². The maximum Gasteiger partial charge on any atom is 0.424 e. The summed E-state index contributed by atoms with van der Waals surface area (Å²) >= 11 is 0. The number of halogens is 4. The standard InChI is InChI=1S/C33H30F4N4O5/c1-31(30(43)39-15-18-5-6-18)17-46-28-23(31)14-25(41-27(28)19-7-9-22(34)10-8-19)32(44,33(35,36)37)16-40-29(42)21-12-20-4-3-11-38-26(20)24(13-21)45-2/h3-4,7-14,18,44H,5-6,15-17H2,1-2H3,(H,39,43)(H,40,42)/t31-,32-/m0/s1. The molecule has 3 N–H and O–H groups in total. The topological polar surface area (TPSA) is 123 Å². The number of methoxy groups -OCH3 is 1. The molecule has 0 radical (unpaired) electrons. The molecule has 3 heterocycles. The normalized spacial score (nSPS) is 18.8. The lowest BCUT2D eigenvalue weighted by atomic mass is 9.81. The first-order valence-electron chi connectivity index (χ1n) is 14.6. The lowest BCUT2D eigenvalue weighted by Gasteiger charge is -2.31. The van der Waals surface area contributed by atoms with Gasteiger partial charge in [-0.15, -0.1) is 0 Å². The predicted molar refractivity (Wildman–Crippen MR) is 159 cm³/mol. The van der Waals surface area contributed by atoms with Crippen LogP contribution < -0.4 is 20.1 Å². The molecule has 6 rings (SSSR count). The predicted octanol–water partition coefficient (Wildman–Crippen LogP) is 4.80. The third kappa shape index (κ3) is 5.59. The number of nitrogens with zero attached hydrogens (tertiary/aromatic N) is 2. The SMILES string of the molecule is COc1cc(C(=O)NC[C@](O)(c2cc3c(c(-c4ccc(F)cc4)n2)OC[C@]3(C)C(=O)NCC2CC2)C(F)(F)F)cc2cccnc12. The van der Waals surface area contributed by atoms with Gasteiger partial charge in [0.1, 0.15) is 40.5 Å². The van der Waals surface area contributed by atoms with E-state index in [4.69, 9.17) is 9.47 Å². The van der Waals surface area contributed by atoms with Gasteiger partial charge in [0.25, 0.3) is 5.91 Å². The van der Waals surface area contributed by atoms with Crippen molar-refractivity contribution in [3.8, 4) is 22.8 Å². The minimum absolute atomic E-state index is 0.0240. The van der Waals surface area contributed by atoms with Crippen molar-refractivity contribution in [2.75, 3.05) is 26.8 Å². The monoisotopic (exact) mass is 638 g/mol. The molecular weight excluding hydrogens is 608 g/mol. The molecule has 2 atom stereocenters. The number of carbonyl (C=O) groups excluding carboxylic acids is 2. The van der Waals surface area contributed by atoms with Crippen molar-refractivity contribution in [1.29, 1.82) is 0 Å². The number of fused-ring (bicyclic) bond motifs is 2. The summed E-state index contributed by atoms with van der Waals surface area (Å²) in [6.07, 6.45) is -1.86. The van der Waals surface area contributed by atoms with Gasteiger partial charge in [-0.05, 0) is 74.2 Å². The molecule has 1 fully saturated rings. The minimum atomic E-state index is -5.34. The van der Waals surface area contributed by atoms with Crippen molar-refractivity contribution < 1.29 is 41.7 Å². The minimum Gasteiger partial charge on any atom is -0.494 e. The first kappa shape index (κ1) is 31.2. The Labute approximate surface area is 261 Å². The van der Waals surface area contributed by atoms with Gasteiger partial charge in [0.2, 0.25) is 11.5 Å². The Morgan fingerprint density at radius 2 is 1.85 bits per heavy atom. The maximum atomic E-state index is 14.8. The summed E-state index contributed by atoms with van der Waals surface area (Å²) < 4.78 is 69.5. The van der Waals surface area contributed by atoms with Crippen molar-refractivity contribution in [1.82, 2.24) is 20.6 Å². The maximum absolute atomic E-state index is 14.8. The molecule has 1 aliphatic heterocycles. The Morgan fingerprint density at radius 3 is 2.52 bits per heavy atom. The van der Waals surface area contributed by atoms with Gasteiger partial charge >= 0.3 is 6.18 Å². The molecule has 4 aromatic rings. The van der Waals surface area contributed by atoms with Crippen molar-refractivity contribution in [2.45, 2.75) is 37.0 Å². The lowest BCUT2D eigenvalue weighted by molar-refractivity contribution is -0.265. The smallest absolute Gasteiger partial charge is 0.424 e. The Balaban J connectivity index is 1.40. The molecule has 0 saturated heterocycles. The zero-order chi connectivity index (χ0) is 32.9. The number of aromatic nitrogens is 2. The molecule has 13 heteroatoms. The first-order valence-corrected chi connectivity index (χ1v) is 14.6. The third-order valence-corrected chi connectivity index (χ3v) is 8.49. The second kappa shape index (κ2) is 11.5. The van der Waals surface area contributed by atoms with Gasteiger partial charge in [-0.3, -0.25) is 14.6 Å². The van der Waals surface area contributed by atoms with Crippen LogP contribution in [0.15, 0.2) is 60.8 Å². The van der Waals surface area contributed by atoms with Gasteiger partial charge in [-0.25, -0.2) is 9.37 Å². The van der Waals surface area contributed by atoms with E-state index in [1.165, 1.54) is 44.5 Å². The van der Waals surface area contributed by atoms with Crippen molar-refractivity contribution in [3.05, 3.63) is 83.4 Å². The number of hydrogen-bond donors (Lipinski definition) is 3. The fourth-order valence-electron chi connectivity index (χ4n) is 5.43. The molecule has 240 valence electrons. The number of hydrogen-bond acceptors (Lipinski definition) is 7. The second-order valence-corrected chi connectivity index (χ2v) is 11.8. The molecule has 2 aromatic carbocycles. The van der Waals surface area contributed by atoms with E-state index in [9.17, 15) is 32.3 Å². The largest absolute Gasteiger partial charge is 0.494 e. The van der Waals surface area contributed by atoms with E-state index in [2.05, 4.69) is 20.6 Å². The first-order chi connectivity index (χ1) is 21.8. The summed E-state index contributed by atoms with van der Waals surface area (Å²) in [6.45, 7) is 0.442. The number of amides is 2. The number of aliphatic hydroxyl groups is 1. The van der Waals surface area contributed by atoms with Gasteiger partial charge in [-0.2, -0.15) is 13.2 Å². The number of nitrogens with one attached hydrogen (secondary N) is 2. The van der Waals surface area contributed by atoms with Crippen molar-refractivity contribution >= 4 is 22.7 Å². The van der Waals surface area contributed by atoms with E-state index in [0.717, 1.165) is 31.0 Å². The van der Waals surface area contributed by atoms with E-state index < -0.39 is 47.1 Å². The van der Waals surface area contributed by atoms with Crippen LogP contribution in [0.2, 0.25) is 0 Å². The summed E-state index contributed by atoms with van der Waals surface area (Å²) in [5.74, 6) is -1.34. The Morgan fingerprint density at radius 1 is 1.11 bits per heavy atom. The highest BCUT2D eigenvalue weighted by Crippen LogP contribution is 2.48. The second-order valence-electron chi connectivity index (χ2n) is 11.8. The van der Waals surface area contributed by atoms with Crippen LogP contribution in [0, 0.1) is 11.7 Å². The highest BCUT2D eigenvalue weighted by Gasteiger charge is 2.58. The molecule has 0 bridgehead atoms. The molecule has 1 aliphatic carbocycles. The lowest BCUT2D eigenvalue weighted by Crippen LogP contribution is -2.52. The Kier molecular flexibility index (Phi) is 7.83. The zero-order valence-corrected chi connectivity index (χ0v) is 24.9. The van der Waals surface area contributed by atoms with Gasteiger partial charge in [-0.1, -0.05) is 6.07 Å². The zero-order valence-electron chi connectivity index (χ0n) is 24.9. The van der Waals surface area contributed by atoms with Crippen LogP contribution in [0.4, 0.5) is 17.6 Å².